The minimum Gasteiger partial charge on any atom is -0.324 e. The number of aryl methyl sites for hydroxylation is 3. The number of hydrogen-bond acceptors (Lipinski definition) is 3. The Morgan fingerprint density at radius 2 is 1.57 bits per heavy atom. The highest BCUT2D eigenvalue weighted by molar-refractivity contribution is 7.92. The first kappa shape index (κ1) is 21.5. The van der Waals surface area contributed by atoms with Crippen LogP contribution in [0.4, 0.5) is 15.8 Å². The molecule has 0 aliphatic rings. The largest absolute Gasteiger partial charge is 0.324 e. The number of sulfonamides is 1. The summed E-state index contributed by atoms with van der Waals surface area (Å²) in [5, 5.41) is 2.72. The second-order valence-electron chi connectivity index (χ2n) is 7.14. The number of anilines is 2. The van der Waals surface area contributed by atoms with Crippen LogP contribution in [0.3, 0.4) is 0 Å². The quantitative estimate of drug-likeness (QED) is 0.627. The van der Waals surface area contributed by atoms with Crippen LogP contribution in [0.5, 0.6) is 0 Å². The molecule has 0 fully saturated rings. The number of nitrogens with zero attached hydrogens (tertiary/aromatic N) is 1. The van der Waals surface area contributed by atoms with Gasteiger partial charge >= 0.3 is 0 Å². The van der Waals surface area contributed by atoms with E-state index in [0.29, 0.717) is 5.69 Å². The van der Waals surface area contributed by atoms with Gasteiger partial charge in [-0.3, -0.25) is 9.10 Å². The molecule has 3 aromatic carbocycles. The number of halogens is 1. The van der Waals surface area contributed by atoms with Crippen LogP contribution in [-0.2, 0) is 14.8 Å². The topological polar surface area (TPSA) is 66.5 Å². The SMILES string of the molecule is Cc1ccc(S(=O)(=O)N(CC(=O)Nc2ccc(C)cc2C)c2ccccc2F)cc1. The summed E-state index contributed by atoms with van der Waals surface area (Å²) >= 11 is 0. The molecule has 30 heavy (non-hydrogen) atoms. The van der Waals surface area contributed by atoms with E-state index in [1.165, 1.54) is 30.3 Å². The number of nitrogens with one attached hydrogen (secondary N) is 1. The Kier molecular flexibility index (Phi) is 6.22. The Hall–Kier alpha value is -3.19. The van der Waals surface area contributed by atoms with Crippen LogP contribution in [0.25, 0.3) is 0 Å². The number of rotatable bonds is 6. The zero-order valence-corrected chi connectivity index (χ0v) is 17.8. The summed E-state index contributed by atoms with van der Waals surface area (Å²) in [7, 11) is -4.17. The maximum absolute atomic E-state index is 14.5. The smallest absolute Gasteiger partial charge is 0.264 e. The van der Waals surface area contributed by atoms with Gasteiger partial charge < -0.3 is 5.32 Å². The Bertz CT molecular complexity index is 1180. The number of hydrogen-bond donors (Lipinski definition) is 1. The van der Waals surface area contributed by atoms with Gasteiger partial charge in [-0.2, -0.15) is 0 Å². The van der Waals surface area contributed by atoms with Gasteiger partial charge in [-0.15, -0.1) is 0 Å². The fourth-order valence-electron chi connectivity index (χ4n) is 3.07. The molecule has 7 heteroatoms. The fourth-order valence-corrected chi connectivity index (χ4v) is 4.49. The lowest BCUT2D eigenvalue weighted by molar-refractivity contribution is -0.114. The molecule has 1 N–H and O–H groups in total. The molecular formula is C23H23FN2O3S. The van der Waals surface area contributed by atoms with Gasteiger partial charge in [0.1, 0.15) is 12.4 Å². The first-order valence-electron chi connectivity index (χ1n) is 9.39. The molecule has 0 spiro atoms. The first-order valence-corrected chi connectivity index (χ1v) is 10.8. The minimum absolute atomic E-state index is 0.0179. The van der Waals surface area contributed by atoms with Gasteiger partial charge in [0.05, 0.1) is 10.6 Å². The van der Waals surface area contributed by atoms with E-state index in [1.54, 1.807) is 18.2 Å². The molecule has 0 heterocycles. The molecule has 3 aromatic rings. The van der Waals surface area contributed by atoms with Gasteiger partial charge in [0.2, 0.25) is 5.91 Å². The third-order valence-corrected chi connectivity index (χ3v) is 6.45. The predicted molar refractivity (Wildman–Crippen MR) is 117 cm³/mol. The third-order valence-electron chi connectivity index (χ3n) is 4.67. The van der Waals surface area contributed by atoms with Crippen LogP contribution in [0.1, 0.15) is 16.7 Å². The van der Waals surface area contributed by atoms with Crippen LogP contribution >= 0.6 is 0 Å². The molecule has 0 aliphatic carbocycles. The van der Waals surface area contributed by atoms with Crippen molar-refractivity contribution in [3.8, 4) is 0 Å². The predicted octanol–water partition coefficient (Wildman–Crippen LogP) is 4.58. The maximum atomic E-state index is 14.5. The zero-order chi connectivity index (χ0) is 21.9. The Balaban J connectivity index is 1.97. The normalized spacial score (nSPS) is 11.2. The van der Waals surface area contributed by atoms with E-state index >= 15 is 0 Å². The van der Waals surface area contributed by atoms with E-state index in [2.05, 4.69) is 5.32 Å². The van der Waals surface area contributed by atoms with E-state index in [1.807, 2.05) is 32.9 Å². The Morgan fingerprint density at radius 1 is 0.933 bits per heavy atom. The number of carbonyl (C=O) groups excluding carboxylic acids is 1. The Morgan fingerprint density at radius 3 is 2.20 bits per heavy atom. The van der Waals surface area contributed by atoms with Gasteiger partial charge in [0.15, 0.2) is 0 Å². The van der Waals surface area contributed by atoms with Gasteiger partial charge in [0, 0.05) is 5.69 Å². The molecule has 0 atom stereocenters. The molecule has 0 aliphatic heterocycles. The lowest BCUT2D eigenvalue weighted by atomic mass is 10.1. The summed E-state index contributed by atoms with van der Waals surface area (Å²) in [5.41, 5.74) is 3.17. The molecule has 3 rings (SSSR count). The first-order chi connectivity index (χ1) is 14.2. The van der Waals surface area contributed by atoms with E-state index in [-0.39, 0.29) is 10.6 Å². The molecule has 0 bridgehead atoms. The molecule has 156 valence electrons. The minimum atomic E-state index is -4.17. The van der Waals surface area contributed by atoms with Crippen LogP contribution in [0, 0.1) is 26.6 Å². The van der Waals surface area contributed by atoms with Crippen LogP contribution in [0.15, 0.2) is 71.6 Å². The van der Waals surface area contributed by atoms with E-state index in [0.717, 1.165) is 27.1 Å². The summed E-state index contributed by atoms with van der Waals surface area (Å²) in [6, 6.07) is 17.2. The lowest BCUT2D eigenvalue weighted by Gasteiger charge is -2.24. The van der Waals surface area contributed by atoms with Gasteiger partial charge in [0.25, 0.3) is 10.0 Å². The van der Waals surface area contributed by atoms with Crippen molar-refractivity contribution in [3.63, 3.8) is 0 Å². The highest BCUT2D eigenvalue weighted by Gasteiger charge is 2.29. The molecule has 0 aromatic heterocycles. The average Bonchev–Trinajstić information content (AvgIpc) is 2.69. The van der Waals surface area contributed by atoms with Crippen LogP contribution in [-0.4, -0.2) is 20.9 Å². The summed E-state index contributed by atoms with van der Waals surface area (Å²) in [6.45, 7) is 5.06. The Labute approximate surface area is 176 Å². The van der Waals surface area contributed by atoms with E-state index in [4.69, 9.17) is 0 Å². The fraction of sp³-hybridized carbons (Fsp3) is 0.174. The molecule has 1 amide bonds. The average molecular weight is 427 g/mol. The van der Waals surface area contributed by atoms with Crippen LogP contribution in [0.2, 0.25) is 0 Å². The number of para-hydroxylation sites is 1. The summed E-state index contributed by atoms with van der Waals surface area (Å²) in [6.07, 6.45) is 0. The van der Waals surface area contributed by atoms with Crippen molar-refractivity contribution in [1.29, 1.82) is 0 Å². The maximum Gasteiger partial charge on any atom is 0.264 e. The second-order valence-corrected chi connectivity index (χ2v) is 9.01. The molecular weight excluding hydrogens is 403 g/mol. The van der Waals surface area contributed by atoms with Crippen molar-refractivity contribution < 1.29 is 17.6 Å². The standard InChI is InChI=1S/C23H23FN2O3S/c1-16-8-11-19(12-9-16)30(28,29)26(22-7-5-4-6-20(22)24)15-23(27)25-21-13-10-17(2)14-18(21)3/h4-14H,15H2,1-3H3,(H,25,27). The number of carbonyl (C=O) groups is 1. The molecule has 0 saturated heterocycles. The zero-order valence-electron chi connectivity index (χ0n) is 17.0. The highest BCUT2D eigenvalue weighted by atomic mass is 32.2. The highest BCUT2D eigenvalue weighted by Crippen LogP contribution is 2.26. The van der Waals surface area contributed by atoms with Crippen molar-refractivity contribution >= 4 is 27.3 Å². The molecule has 0 saturated carbocycles. The van der Waals surface area contributed by atoms with Crippen molar-refractivity contribution in [1.82, 2.24) is 0 Å². The van der Waals surface area contributed by atoms with E-state index < -0.39 is 28.3 Å². The number of benzene rings is 3. The van der Waals surface area contributed by atoms with Crippen molar-refractivity contribution in [3.05, 3.63) is 89.2 Å². The summed E-state index contributed by atoms with van der Waals surface area (Å²) in [5.74, 6) is -1.30. The third kappa shape index (κ3) is 4.68. The van der Waals surface area contributed by atoms with Crippen molar-refractivity contribution in [2.75, 3.05) is 16.2 Å². The molecule has 0 unspecified atom stereocenters. The van der Waals surface area contributed by atoms with Crippen LogP contribution < -0.4 is 9.62 Å². The van der Waals surface area contributed by atoms with Gasteiger partial charge in [-0.1, -0.05) is 47.5 Å². The summed E-state index contributed by atoms with van der Waals surface area (Å²) < 4.78 is 41.8. The van der Waals surface area contributed by atoms with E-state index in [9.17, 15) is 17.6 Å². The van der Waals surface area contributed by atoms with Gasteiger partial charge in [-0.25, -0.2) is 12.8 Å². The second kappa shape index (κ2) is 8.67. The monoisotopic (exact) mass is 426 g/mol. The van der Waals surface area contributed by atoms with Gasteiger partial charge in [-0.05, 0) is 56.7 Å². The molecule has 5 nitrogen and oxygen atoms in total. The number of amides is 1. The molecule has 0 radical (unpaired) electrons. The lowest BCUT2D eigenvalue weighted by Crippen LogP contribution is -2.38. The van der Waals surface area contributed by atoms with Crippen molar-refractivity contribution in [2.45, 2.75) is 25.7 Å². The van der Waals surface area contributed by atoms with Crippen molar-refractivity contribution in [2.24, 2.45) is 0 Å². The summed E-state index contributed by atoms with van der Waals surface area (Å²) in [4.78, 5) is 12.7.